The number of sulfone groups is 1. The van der Waals surface area contributed by atoms with Gasteiger partial charge < -0.3 is 4.74 Å². The van der Waals surface area contributed by atoms with Crippen molar-refractivity contribution in [3.8, 4) is 0 Å². The van der Waals surface area contributed by atoms with Crippen LogP contribution in [0, 0.1) is 20.2 Å². The summed E-state index contributed by atoms with van der Waals surface area (Å²) in [5, 5.41) is 22.4. The fourth-order valence-electron chi connectivity index (χ4n) is 4.68. The molecule has 0 aromatic heterocycles. The molecule has 4 atom stereocenters. The molecular weight excluding hydrogens is 566 g/mol. The van der Waals surface area contributed by atoms with E-state index >= 15 is 0 Å². The summed E-state index contributed by atoms with van der Waals surface area (Å²) in [5.41, 5.74) is -0.572. The molecule has 3 aromatic carbocycles. The van der Waals surface area contributed by atoms with Gasteiger partial charge in [0.25, 0.3) is 11.4 Å². The Balaban J connectivity index is 1.96. The van der Waals surface area contributed by atoms with E-state index in [-0.39, 0.29) is 34.7 Å². The number of nitrogens with one attached hydrogen (secondary N) is 1. The predicted molar refractivity (Wildman–Crippen MR) is 144 cm³/mol. The molecule has 0 radical (unpaired) electrons. The molecule has 0 bridgehead atoms. The maximum atomic E-state index is 14.3. The second-order valence-electron chi connectivity index (χ2n) is 8.88. The summed E-state index contributed by atoms with van der Waals surface area (Å²) < 4.78 is 33.6. The quantitative estimate of drug-likeness (QED) is 0.174. The first kappa shape index (κ1) is 28.8. The number of carbonyl (C=O) groups is 2. The van der Waals surface area contributed by atoms with Crippen molar-refractivity contribution in [3.05, 3.63) is 115 Å². The Morgan fingerprint density at radius 2 is 1.38 bits per heavy atom. The number of rotatable bonds is 8. The van der Waals surface area contributed by atoms with E-state index < -0.39 is 54.0 Å². The van der Waals surface area contributed by atoms with E-state index in [2.05, 4.69) is 5.32 Å². The van der Waals surface area contributed by atoms with Crippen molar-refractivity contribution in [2.24, 2.45) is 0 Å². The third-order valence-corrected chi connectivity index (χ3v) is 9.08. The number of hydrogen-bond donors (Lipinski definition) is 1. The predicted octanol–water partition coefficient (Wildman–Crippen LogP) is 4.14. The van der Waals surface area contributed by atoms with Gasteiger partial charge in [-0.25, -0.2) is 8.42 Å². The number of nitro groups is 2. The fourth-order valence-corrected chi connectivity index (χ4v) is 7.13. The Labute approximate surface area is 233 Å². The monoisotopic (exact) mass is 587 g/mol. The van der Waals surface area contributed by atoms with Crippen LogP contribution in [0.3, 0.4) is 0 Å². The van der Waals surface area contributed by atoms with Gasteiger partial charge in [0.05, 0.1) is 28.5 Å². The number of carbonyl (C=O) groups excluding carboxylic acids is 2. The summed E-state index contributed by atoms with van der Waals surface area (Å²) >= 11 is 5.94. The number of nitro benzene ring substituents is 2. The van der Waals surface area contributed by atoms with E-state index in [1.54, 1.807) is 0 Å². The zero-order valence-electron chi connectivity index (χ0n) is 20.8. The Morgan fingerprint density at radius 3 is 1.85 bits per heavy atom. The van der Waals surface area contributed by atoms with Crippen LogP contribution in [-0.4, -0.2) is 47.1 Å². The highest BCUT2D eigenvalue weighted by Gasteiger charge is 2.56. The van der Waals surface area contributed by atoms with E-state index in [9.17, 15) is 38.2 Å². The Hall–Kier alpha value is -4.20. The summed E-state index contributed by atoms with van der Waals surface area (Å²) in [4.78, 5) is 48.6. The molecule has 14 heteroatoms. The molecule has 0 unspecified atom stereocenters. The minimum atomic E-state index is -4.76. The number of hydrogen-bond acceptors (Lipinski definition) is 10. The zero-order chi connectivity index (χ0) is 29.2. The van der Waals surface area contributed by atoms with Gasteiger partial charge in [0.1, 0.15) is 5.25 Å². The van der Waals surface area contributed by atoms with Gasteiger partial charge in [-0.3, -0.25) is 35.1 Å². The van der Waals surface area contributed by atoms with Crippen LogP contribution in [0.1, 0.15) is 40.5 Å². The lowest BCUT2D eigenvalue weighted by molar-refractivity contribution is -0.385. The molecule has 12 nitrogen and oxygen atoms in total. The Morgan fingerprint density at radius 1 is 0.875 bits per heavy atom. The van der Waals surface area contributed by atoms with E-state index in [4.69, 9.17) is 16.3 Å². The van der Waals surface area contributed by atoms with Crippen LogP contribution in [0.25, 0.3) is 0 Å². The van der Waals surface area contributed by atoms with E-state index in [1.807, 2.05) is 0 Å². The highest BCUT2D eigenvalue weighted by molar-refractivity contribution is 7.94. The topological polar surface area (TPSA) is 176 Å². The van der Waals surface area contributed by atoms with Crippen LogP contribution in [0.5, 0.6) is 0 Å². The number of halogens is 1. The molecule has 1 aliphatic heterocycles. The van der Waals surface area contributed by atoms with Gasteiger partial charge in [0.2, 0.25) is 0 Å². The summed E-state index contributed by atoms with van der Waals surface area (Å²) in [6, 6.07) is 12.8. The van der Waals surface area contributed by atoms with Crippen molar-refractivity contribution in [1.82, 2.24) is 5.32 Å². The highest BCUT2D eigenvalue weighted by Crippen LogP contribution is 2.41. The molecule has 0 aliphatic carbocycles. The van der Waals surface area contributed by atoms with Crippen LogP contribution in [0.2, 0.25) is 5.02 Å². The maximum Gasteiger partial charge on any atom is 0.326 e. The first-order valence-electron chi connectivity index (χ1n) is 11.9. The van der Waals surface area contributed by atoms with Crippen molar-refractivity contribution in [2.45, 2.75) is 29.5 Å². The lowest BCUT2D eigenvalue weighted by Crippen LogP contribution is -2.59. The molecule has 4 rings (SSSR count). The number of Topliss-reactive ketones (excluding diaryl/α,β-unsaturated/α-hetero) is 1. The van der Waals surface area contributed by atoms with E-state index in [1.165, 1.54) is 67.6 Å². The van der Waals surface area contributed by atoms with Gasteiger partial charge in [0.15, 0.2) is 20.9 Å². The van der Waals surface area contributed by atoms with Gasteiger partial charge in [-0.15, -0.1) is 0 Å². The first-order valence-corrected chi connectivity index (χ1v) is 13.9. The van der Waals surface area contributed by atoms with Crippen LogP contribution >= 0.6 is 11.6 Å². The number of benzene rings is 3. The number of ketones is 1. The highest BCUT2D eigenvalue weighted by atomic mass is 35.5. The second-order valence-corrected chi connectivity index (χ2v) is 11.5. The molecule has 208 valence electrons. The lowest BCUT2D eigenvalue weighted by Gasteiger charge is -2.41. The zero-order valence-corrected chi connectivity index (χ0v) is 22.4. The molecule has 0 amide bonds. The molecular formula is C26H22ClN3O9S. The second kappa shape index (κ2) is 11.5. The van der Waals surface area contributed by atoms with E-state index in [0.29, 0.717) is 5.02 Å². The summed E-state index contributed by atoms with van der Waals surface area (Å²) in [7, 11) is -4.76. The maximum absolute atomic E-state index is 14.3. The van der Waals surface area contributed by atoms with Gasteiger partial charge in [-0.2, -0.15) is 0 Å². The molecule has 40 heavy (non-hydrogen) atoms. The number of ether oxygens (including phenoxy) is 1. The third-order valence-electron chi connectivity index (χ3n) is 6.46. The van der Waals surface area contributed by atoms with Crippen molar-refractivity contribution in [2.75, 3.05) is 6.61 Å². The minimum Gasteiger partial charge on any atom is -0.465 e. The van der Waals surface area contributed by atoms with Crippen molar-refractivity contribution < 1.29 is 32.6 Å². The van der Waals surface area contributed by atoms with Gasteiger partial charge in [-0.1, -0.05) is 35.9 Å². The van der Waals surface area contributed by atoms with Crippen LogP contribution in [-0.2, 0) is 19.4 Å². The van der Waals surface area contributed by atoms with Crippen LogP contribution < -0.4 is 5.32 Å². The van der Waals surface area contributed by atoms with Crippen molar-refractivity contribution in [3.63, 3.8) is 0 Å². The molecule has 1 saturated heterocycles. The smallest absolute Gasteiger partial charge is 0.326 e. The molecule has 0 spiro atoms. The SMILES string of the molecule is CCOC(=O)[C@H]1[C@H](c2cccc([N+](=O)[O-])c2)N[C@H](c2cccc([N+](=O)[O-])c2)[C@@H](C(=O)c2ccc(Cl)cc2)S1(=O)=O. The Bertz CT molecular complexity index is 1590. The summed E-state index contributed by atoms with van der Waals surface area (Å²) in [6.45, 7) is 1.31. The third kappa shape index (κ3) is 5.57. The molecule has 1 aliphatic rings. The minimum absolute atomic E-state index is 0.0217. The van der Waals surface area contributed by atoms with E-state index in [0.717, 1.165) is 12.1 Å². The van der Waals surface area contributed by atoms with Crippen LogP contribution in [0.15, 0.2) is 72.8 Å². The van der Waals surface area contributed by atoms with Crippen molar-refractivity contribution >= 4 is 44.6 Å². The standard InChI is InChI=1S/C26H22ClN3O9S/c1-2-39-26(32)25-22(17-6-4-8-20(14-17)30(35)36)28-21(16-5-3-7-19(13-16)29(33)34)24(40(25,37)38)23(31)15-9-11-18(27)12-10-15/h3-14,21-22,24-25,28H,2H2,1H3/t21-,22+,24+,25-/m1/s1. The summed E-state index contributed by atoms with van der Waals surface area (Å²) in [6.07, 6.45) is 0. The van der Waals surface area contributed by atoms with Crippen molar-refractivity contribution in [1.29, 1.82) is 0 Å². The molecule has 1 N–H and O–H groups in total. The van der Waals surface area contributed by atoms with Gasteiger partial charge in [-0.05, 0) is 42.3 Å². The molecule has 1 fully saturated rings. The molecule has 0 saturated carbocycles. The Kier molecular flexibility index (Phi) is 8.28. The number of nitrogens with zero attached hydrogens (tertiary/aromatic N) is 2. The fraction of sp³-hybridized carbons (Fsp3) is 0.231. The van der Waals surface area contributed by atoms with Crippen LogP contribution in [0.4, 0.5) is 11.4 Å². The first-order chi connectivity index (χ1) is 18.9. The number of esters is 1. The van der Waals surface area contributed by atoms with Gasteiger partial charge >= 0.3 is 5.97 Å². The molecule has 1 heterocycles. The summed E-state index contributed by atoms with van der Waals surface area (Å²) in [5.74, 6) is -2.04. The van der Waals surface area contributed by atoms with Gasteiger partial charge in [0, 0.05) is 34.9 Å². The number of non-ortho nitro benzene ring substituents is 2. The normalized spacial score (nSPS) is 21.8. The largest absolute Gasteiger partial charge is 0.465 e. The lowest BCUT2D eigenvalue weighted by atomic mass is 9.93. The molecule has 3 aromatic rings. The average Bonchev–Trinajstić information content (AvgIpc) is 2.92. The average molecular weight is 588 g/mol.